The summed E-state index contributed by atoms with van der Waals surface area (Å²) in [7, 11) is 0. The third kappa shape index (κ3) is 3.25. The van der Waals surface area contributed by atoms with Crippen molar-refractivity contribution in [2.75, 3.05) is 6.54 Å². The lowest BCUT2D eigenvalue weighted by molar-refractivity contribution is -0.132. The number of hydrogen-bond acceptors (Lipinski definition) is 3. The van der Waals surface area contributed by atoms with Crippen LogP contribution in [0.2, 0.25) is 5.02 Å². The molecular weight excluding hydrogens is 364 g/mol. The standard InChI is InChI=1S/C20H21ClN4O2/c1-2-3-8-19(26)24-10-9-16-14(12-24)20(27)25-18(22-16)11-17(23-25)13-6-4-5-7-15(13)21/h4-7,11,23H,2-3,8-10,12H2,1H3. The van der Waals surface area contributed by atoms with E-state index in [1.165, 1.54) is 4.52 Å². The number of carbonyl (C=O) groups is 1. The first-order valence-corrected chi connectivity index (χ1v) is 9.62. The van der Waals surface area contributed by atoms with Crippen LogP contribution in [0.3, 0.4) is 0 Å². The van der Waals surface area contributed by atoms with Crippen molar-refractivity contribution in [3.63, 3.8) is 0 Å². The number of amides is 1. The van der Waals surface area contributed by atoms with Gasteiger partial charge in [-0.15, -0.1) is 0 Å². The summed E-state index contributed by atoms with van der Waals surface area (Å²) in [6.07, 6.45) is 2.98. The Kier molecular flexibility index (Phi) is 4.74. The Morgan fingerprint density at radius 3 is 2.93 bits per heavy atom. The summed E-state index contributed by atoms with van der Waals surface area (Å²) in [5.74, 6) is 0.107. The summed E-state index contributed by atoms with van der Waals surface area (Å²) in [4.78, 5) is 31.8. The molecule has 1 N–H and O–H groups in total. The number of halogens is 1. The number of aromatic nitrogens is 3. The molecule has 2 aromatic heterocycles. The van der Waals surface area contributed by atoms with Crippen molar-refractivity contribution >= 4 is 23.2 Å². The molecule has 1 aliphatic heterocycles. The maximum absolute atomic E-state index is 13.0. The number of benzene rings is 1. The summed E-state index contributed by atoms with van der Waals surface area (Å²) in [5, 5.41) is 3.71. The second-order valence-electron chi connectivity index (χ2n) is 6.85. The number of hydrogen-bond donors (Lipinski definition) is 1. The van der Waals surface area contributed by atoms with Gasteiger partial charge >= 0.3 is 0 Å². The zero-order valence-corrected chi connectivity index (χ0v) is 15.9. The zero-order chi connectivity index (χ0) is 19.0. The van der Waals surface area contributed by atoms with E-state index in [0.29, 0.717) is 42.2 Å². The first-order valence-electron chi connectivity index (χ1n) is 9.24. The van der Waals surface area contributed by atoms with Gasteiger partial charge in [-0.1, -0.05) is 43.1 Å². The fraction of sp³-hybridized carbons (Fsp3) is 0.350. The van der Waals surface area contributed by atoms with E-state index >= 15 is 0 Å². The molecule has 0 unspecified atom stereocenters. The molecule has 1 aromatic carbocycles. The molecule has 1 aliphatic rings. The highest BCUT2D eigenvalue weighted by molar-refractivity contribution is 6.33. The minimum atomic E-state index is -0.152. The summed E-state index contributed by atoms with van der Waals surface area (Å²) < 4.78 is 1.44. The van der Waals surface area contributed by atoms with Gasteiger partial charge in [-0.05, 0) is 12.5 Å². The topological polar surface area (TPSA) is 70.5 Å². The number of carbonyl (C=O) groups excluding carboxylic acids is 1. The molecule has 0 aliphatic carbocycles. The Morgan fingerprint density at radius 1 is 1.33 bits per heavy atom. The summed E-state index contributed by atoms with van der Waals surface area (Å²) in [6.45, 7) is 3.00. The quantitative estimate of drug-likeness (QED) is 0.749. The number of fused-ring (bicyclic) bond motifs is 2. The molecule has 0 saturated heterocycles. The number of rotatable bonds is 4. The highest BCUT2D eigenvalue weighted by Gasteiger charge is 2.25. The van der Waals surface area contributed by atoms with Gasteiger partial charge in [0.1, 0.15) is 0 Å². The molecule has 0 bridgehead atoms. The predicted octanol–water partition coefficient (Wildman–Crippen LogP) is 3.42. The van der Waals surface area contributed by atoms with Gasteiger partial charge in [-0.2, -0.15) is 0 Å². The second-order valence-corrected chi connectivity index (χ2v) is 7.26. The molecule has 1 amide bonds. The van der Waals surface area contributed by atoms with Crippen LogP contribution in [0.25, 0.3) is 16.9 Å². The van der Waals surface area contributed by atoms with Crippen LogP contribution < -0.4 is 5.56 Å². The van der Waals surface area contributed by atoms with E-state index in [4.69, 9.17) is 11.6 Å². The van der Waals surface area contributed by atoms with E-state index in [-0.39, 0.29) is 11.5 Å². The van der Waals surface area contributed by atoms with E-state index in [1.54, 1.807) is 4.90 Å². The lowest BCUT2D eigenvalue weighted by atomic mass is 10.1. The molecule has 0 fully saturated rings. The van der Waals surface area contributed by atoms with Gasteiger partial charge < -0.3 is 4.90 Å². The van der Waals surface area contributed by atoms with Crippen molar-refractivity contribution in [1.82, 2.24) is 19.5 Å². The van der Waals surface area contributed by atoms with Crippen molar-refractivity contribution in [2.45, 2.75) is 39.2 Å². The van der Waals surface area contributed by atoms with Crippen molar-refractivity contribution in [3.8, 4) is 11.3 Å². The highest BCUT2D eigenvalue weighted by atomic mass is 35.5. The Morgan fingerprint density at radius 2 is 2.15 bits per heavy atom. The van der Waals surface area contributed by atoms with Gasteiger partial charge in [0.15, 0.2) is 5.65 Å². The van der Waals surface area contributed by atoms with Crippen LogP contribution in [0.15, 0.2) is 35.1 Å². The molecule has 6 nitrogen and oxygen atoms in total. The van der Waals surface area contributed by atoms with Crippen LogP contribution in [0.5, 0.6) is 0 Å². The molecule has 0 radical (unpaired) electrons. The molecule has 0 spiro atoms. The zero-order valence-electron chi connectivity index (χ0n) is 15.2. The van der Waals surface area contributed by atoms with E-state index in [2.05, 4.69) is 17.0 Å². The molecule has 140 valence electrons. The Balaban J connectivity index is 1.72. The molecule has 0 atom stereocenters. The largest absolute Gasteiger partial charge is 0.338 e. The Labute approximate surface area is 161 Å². The molecule has 4 rings (SSSR count). The van der Waals surface area contributed by atoms with Crippen LogP contribution in [0.4, 0.5) is 0 Å². The Bertz CT molecular complexity index is 1070. The lowest BCUT2D eigenvalue weighted by Gasteiger charge is -2.27. The van der Waals surface area contributed by atoms with Crippen LogP contribution in [-0.2, 0) is 17.8 Å². The van der Waals surface area contributed by atoms with Crippen LogP contribution >= 0.6 is 11.6 Å². The summed E-state index contributed by atoms with van der Waals surface area (Å²) >= 11 is 6.28. The predicted molar refractivity (Wildman–Crippen MR) is 105 cm³/mol. The SMILES string of the molecule is CCCCC(=O)N1CCc2nc3cc(-c4ccccc4Cl)[nH]n3c(=O)c2C1. The van der Waals surface area contributed by atoms with E-state index < -0.39 is 0 Å². The number of nitrogens with zero attached hydrogens (tertiary/aromatic N) is 3. The molecule has 27 heavy (non-hydrogen) atoms. The monoisotopic (exact) mass is 384 g/mol. The van der Waals surface area contributed by atoms with Gasteiger partial charge in [0.25, 0.3) is 5.56 Å². The minimum Gasteiger partial charge on any atom is -0.338 e. The summed E-state index contributed by atoms with van der Waals surface area (Å²) in [6, 6.07) is 9.30. The smallest absolute Gasteiger partial charge is 0.277 e. The average molecular weight is 385 g/mol. The average Bonchev–Trinajstić information content (AvgIpc) is 3.10. The molecule has 0 saturated carbocycles. The number of aromatic amines is 1. The van der Waals surface area contributed by atoms with Gasteiger partial charge in [0.05, 0.1) is 23.5 Å². The van der Waals surface area contributed by atoms with E-state index in [9.17, 15) is 9.59 Å². The first-order chi connectivity index (χ1) is 13.1. The van der Waals surface area contributed by atoms with Crippen LogP contribution in [0, 0.1) is 0 Å². The first kappa shape index (κ1) is 17.8. The van der Waals surface area contributed by atoms with Crippen molar-refractivity contribution in [3.05, 3.63) is 57.0 Å². The molecule has 3 heterocycles. The molecule has 3 aromatic rings. The highest BCUT2D eigenvalue weighted by Crippen LogP contribution is 2.27. The van der Waals surface area contributed by atoms with Crippen molar-refractivity contribution in [1.29, 1.82) is 0 Å². The van der Waals surface area contributed by atoms with E-state index in [1.807, 2.05) is 30.3 Å². The van der Waals surface area contributed by atoms with Gasteiger partial charge in [0.2, 0.25) is 5.91 Å². The van der Waals surface area contributed by atoms with Gasteiger partial charge in [-0.25, -0.2) is 9.50 Å². The summed E-state index contributed by atoms with van der Waals surface area (Å²) in [5.41, 5.74) is 3.35. The maximum Gasteiger partial charge on any atom is 0.277 e. The van der Waals surface area contributed by atoms with Crippen molar-refractivity contribution in [2.24, 2.45) is 0 Å². The van der Waals surface area contributed by atoms with Gasteiger partial charge in [-0.3, -0.25) is 14.7 Å². The fourth-order valence-corrected chi connectivity index (χ4v) is 3.74. The fourth-order valence-electron chi connectivity index (χ4n) is 3.50. The van der Waals surface area contributed by atoms with Crippen LogP contribution in [0.1, 0.15) is 37.4 Å². The third-order valence-corrected chi connectivity index (χ3v) is 5.35. The maximum atomic E-state index is 13.0. The normalized spacial score (nSPS) is 13.8. The molecule has 7 heteroatoms. The Hall–Kier alpha value is -2.60. The number of unbranched alkanes of at least 4 members (excludes halogenated alkanes) is 1. The van der Waals surface area contributed by atoms with Crippen molar-refractivity contribution < 1.29 is 4.79 Å². The lowest BCUT2D eigenvalue weighted by Crippen LogP contribution is -2.40. The van der Waals surface area contributed by atoms with Crippen LogP contribution in [-0.4, -0.2) is 31.9 Å². The van der Waals surface area contributed by atoms with E-state index in [0.717, 1.165) is 29.8 Å². The van der Waals surface area contributed by atoms with Gasteiger partial charge in [0, 0.05) is 36.0 Å². The minimum absolute atomic E-state index is 0.107. The third-order valence-electron chi connectivity index (χ3n) is 5.02. The number of nitrogens with one attached hydrogen (secondary N) is 1. The second kappa shape index (κ2) is 7.19. The molecular formula is C20H21ClN4O2. The number of H-pyrrole nitrogens is 1.